The van der Waals surface area contributed by atoms with Crippen LogP contribution in [-0.4, -0.2) is 36.1 Å². The molecule has 0 radical (unpaired) electrons. The lowest BCUT2D eigenvalue weighted by atomic mass is 10.3. The number of nitrogens with one attached hydrogen (secondary N) is 2. The summed E-state index contributed by atoms with van der Waals surface area (Å²) in [5.74, 6) is 1.96. The normalized spacial score (nSPS) is 10.4. The molecule has 2 N–H and O–H groups in total. The predicted octanol–water partition coefficient (Wildman–Crippen LogP) is 3.43. The van der Waals surface area contributed by atoms with Crippen molar-refractivity contribution in [1.29, 1.82) is 0 Å². The van der Waals surface area contributed by atoms with Gasteiger partial charge in [0, 0.05) is 11.4 Å². The van der Waals surface area contributed by atoms with Crippen molar-refractivity contribution >= 4 is 29.0 Å². The van der Waals surface area contributed by atoms with Gasteiger partial charge in [0.25, 0.3) is 5.22 Å². The van der Waals surface area contributed by atoms with Crippen molar-refractivity contribution in [2.24, 2.45) is 0 Å². The topological polar surface area (TPSA) is 98.5 Å². The number of benzene rings is 2. The Hall–Kier alpha value is -3.20. The largest absolute Gasteiger partial charge is 0.497 e. The van der Waals surface area contributed by atoms with E-state index in [4.69, 9.17) is 13.9 Å². The van der Waals surface area contributed by atoms with Gasteiger partial charge in [0.2, 0.25) is 11.8 Å². The van der Waals surface area contributed by atoms with Crippen molar-refractivity contribution < 1.29 is 18.7 Å². The molecule has 0 saturated heterocycles. The molecule has 3 rings (SSSR count). The maximum atomic E-state index is 12.0. The van der Waals surface area contributed by atoms with Gasteiger partial charge in [-0.15, -0.1) is 10.2 Å². The van der Waals surface area contributed by atoms with Gasteiger partial charge in [0.05, 0.1) is 26.5 Å². The van der Waals surface area contributed by atoms with Crippen LogP contribution in [0.5, 0.6) is 11.5 Å². The molecular formula is C19H20N4O4S. The molecule has 2 aromatic carbocycles. The highest BCUT2D eigenvalue weighted by Crippen LogP contribution is 2.19. The second kappa shape index (κ2) is 9.65. The minimum atomic E-state index is -0.161. The summed E-state index contributed by atoms with van der Waals surface area (Å²) in [7, 11) is 3.22. The van der Waals surface area contributed by atoms with Gasteiger partial charge in [-0.2, -0.15) is 0 Å². The van der Waals surface area contributed by atoms with E-state index in [1.807, 2.05) is 24.3 Å². The molecule has 0 unspecified atom stereocenters. The molecule has 1 heterocycles. The molecule has 1 amide bonds. The van der Waals surface area contributed by atoms with Gasteiger partial charge in [0.1, 0.15) is 11.5 Å². The molecule has 0 bridgehead atoms. The number of ether oxygens (including phenoxy) is 2. The number of hydrogen-bond acceptors (Lipinski definition) is 8. The predicted molar refractivity (Wildman–Crippen MR) is 107 cm³/mol. The van der Waals surface area contributed by atoms with E-state index >= 15 is 0 Å². The van der Waals surface area contributed by atoms with Crippen LogP contribution in [0.4, 0.5) is 11.4 Å². The van der Waals surface area contributed by atoms with Crippen LogP contribution in [0.25, 0.3) is 0 Å². The number of thioether (sulfide) groups is 1. The SMILES string of the molecule is COc1ccc(NCc2nnc(SCC(=O)Nc3ccc(OC)cc3)o2)cc1. The fourth-order valence-electron chi connectivity index (χ4n) is 2.25. The van der Waals surface area contributed by atoms with Crippen LogP contribution < -0.4 is 20.1 Å². The maximum absolute atomic E-state index is 12.0. The molecule has 0 aliphatic rings. The van der Waals surface area contributed by atoms with Crippen molar-refractivity contribution in [1.82, 2.24) is 10.2 Å². The highest BCUT2D eigenvalue weighted by molar-refractivity contribution is 7.99. The number of aromatic nitrogens is 2. The highest BCUT2D eigenvalue weighted by Gasteiger charge is 2.10. The first-order valence-electron chi connectivity index (χ1n) is 8.43. The molecule has 0 aliphatic carbocycles. The van der Waals surface area contributed by atoms with Gasteiger partial charge in [-0.05, 0) is 48.5 Å². The van der Waals surface area contributed by atoms with Gasteiger partial charge < -0.3 is 24.5 Å². The van der Waals surface area contributed by atoms with E-state index < -0.39 is 0 Å². The van der Waals surface area contributed by atoms with Gasteiger partial charge in [-0.3, -0.25) is 4.79 Å². The summed E-state index contributed by atoms with van der Waals surface area (Å²) in [5.41, 5.74) is 1.60. The molecule has 0 aliphatic heterocycles. The Morgan fingerprint density at radius 1 is 0.964 bits per heavy atom. The molecule has 9 heteroatoms. The quantitative estimate of drug-likeness (QED) is 0.527. The fourth-order valence-corrected chi connectivity index (χ4v) is 2.83. The van der Waals surface area contributed by atoms with Crippen LogP contribution in [-0.2, 0) is 11.3 Å². The third-order valence-corrected chi connectivity index (χ3v) is 4.50. The van der Waals surface area contributed by atoms with Crippen molar-refractivity contribution in [3.8, 4) is 11.5 Å². The van der Waals surface area contributed by atoms with E-state index in [-0.39, 0.29) is 11.7 Å². The summed E-state index contributed by atoms with van der Waals surface area (Å²) < 4.78 is 15.7. The number of nitrogens with zero attached hydrogens (tertiary/aromatic N) is 2. The third kappa shape index (κ3) is 5.65. The summed E-state index contributed by atoms with van der Waals surface area (Å²) in [5, 5.41) is 14.2. The first-order valence-corrected chi connectivity index (χ1v) is 9.42. The summed E-state index contributed by atoms with van der Waals surface area (Å²) in [6, 6.07) is 14.6. The van der Waals surface area contributed by atoms with Crippen molar-refractivity contribution in [3.05, 3.63) is 54.4 Å². The van der Waals surface area contributed by atoms with Crippen LogP contribution in [0.1, 0.15) is 5.89 Å². The molecule has 28 heavy (non-hydrogen) atoms. The number of rotatable bonds is 9. The van der Waals surface area contributed by atoms with Gasteiger partial charge in [-0.25, -0.2) is 0 Å². The van der Waals surface area contributed by atoms with Gasteiger partial charge in [-0.1, -0.05) is 11.8 Å². The van der Waals surface area contributed by atoms with Crippen LogP contribution in [0, 0.1) is 0 Å². The Morgan fingerprint density at radius 3 is 2.18 bits per heavy atom. The summed E-state index contributed by atoms with van der Waals surface area (Å²) >= 11 is 1.18. The first-order chi connectivity index (χ1) is 13.7. The molecule has 146 valence electrons. The van der Waals surface area contributed by atoms with Crippen LogP contribution in [0.2, 0.25) is 0 Å². The Morgan fingerprint density at radius 2 is 1.57 bits per heavy atom. The lowest BCUT2D eigenvalue weighted by Gasteiger charge is -2.05. The van der Waals surface area contributed by atoms with E-state index in [0.717, 1.165) is 17.2 Å². The third-order valence-electron chi connectivity index (χ3n) is 3.68. The smallest absolute Gasteiger partial charge is 0.277 e. The number of carbonyl (C=O) groups excluding carboxylic acids is 1. The van der Waals surface area contributed by atoms with Crippen molar-refractivity contribution in [2.75, 3.05) is 30.6 Å². The second-order valence-electron chi connectivity index (χ2n) is 5.61. The van der Waals surface area contributed by atoms with Gasteiger partial charge >= 0.3 is 0 Å². The van der Waals surface area contributed by atoms with E-state index in [1.165, 1.54) is 11.8 Å². The maximum Gasteiger partial charge on any atom is 0.277 e. The number of amides is 1. The van der Waals surface area contributed by atoms with Crippen molar-refractivity contribution in [2.45, 2.75) is 11.8 Å². The van der Waals surface area contributed by atoms with Crippen molar-refractivity contribution in [3.63, 3.8) is 0 Å². The first kappa shape index (κ1) is 19.6. The zero-order valence-electron chi connectivity index (χ0n) is 15.5. The molecule has 0 spiro atoms. The van der Waals surface area contributed by atoms with E-state index in [1.54, 1.807) is 38.5 Å². The Kier molecular flexibility index (Phi) is 6.74. The van der Waals surface area contributed by atoms with Crippen LogP contribution in [0.15, 0.2) is 58.2 Å². The Labute approximate surface area is 166 Å². The molecule has 0 fully saturated rings. The molecular weight excluding hydrogens is 380 g/mol. The highest BCUT2D eigenvalue weighted by atomic mass is 32.2. The average Bonchev–Trinajstić information content (AvgIpc) is 3.19. The Balaban J connectivity index is 1.43. The van der Waals surface area contributed by atoms with E-state index in [2.05, 4.69) is 20.8 Å². The Bertz CT molecular complexity index is 897. The second-order valence-corrected chi connectivity index (χ2v) is 6.54. The van der Waals surface area contributed by atoms with Crippen LogP contribution >= 0.6 is 11.8 Å². The molecule has 1 aromatic heterocycles. The summed E-state index contributed by atoms with van der Waals surface area (Å²) in [4.78, 5) is 12.0. The minimum absolute atomic E-state index is 0.161. The molecule has 8 nitrogen and oxygen atoms in total. The zero-order valence-corrected chi connectivity index (χ0v) is 16.3. The molecule has 0 atom stereocenters. The monoisotopic (exact) mass is 400 g/mol. The number of methoxy groups -OCH3 is 2. The summed E-state index contributed by atoms with van der Waals surface area (Å²) in [6.07, 6.45) is 0. The number of hydrogen-bond donors (Lipinski definition) is 2. The fraction of sp³-hybridized carbons (Fsp3) is 0.211. The van der Waals surface area contributed by atoms with E-state index in [0.29, 0.717) is 23.3 Å². The zero-order chi connectivity index (χ0) is 19.8. The minimum Gasteiger partial charge on any atom is -0.497 e. The summed E-state index contributed by atoms with van der Waals surface area (Å²) in [6.45, 7) is 0.387. The number of anilines is 2. The lowest BCUT2D eigenvalue weighted by Crippen LogP contribution is -2.13. The van der Waals surface area contributed by atoms with Crippen LogP contribution in [0.3, 0.4) is 0 Å². The van der Waals surface area contributed by atoms with E-state index in [9.17, 15) is 4.79 Å². The molecule has 0 saturated carbocycles. The average molecular weight is 400 g/mol. The molecule has 3 aromatic rings. The van der Waals surface area contributed by atoms with Gasteiger partial charge in [0.15, 0.2) is 0 Å². The lowest BCUT2D eigenvalue weighted by molar-refractivity contribution is -0.113. The standard InChI is InChI=1S/C19H20N4O4S/c1-25-15-7-3-13(4-8-15)20-11-18-22-23-19(27-18)28-12-17(24)21-14-5-9-16(26-2)10-6-14/h3-10,20H,11-12H2,1-2H3,(H,21,24). The number of carbonyl (C=O) groups is 1.